The van der Waals surface area contributed by atoms with Gasteiger partial charge < -0.3 is 10.0 Å². The van der Waals surface area contributed by atoms with Crippen LogP contribution in [0.1, 0.15) is 37.7 Å². The van der Waals surface area contributed by atoms with Gasteiger partial charge in [0.15, 0.2) is 14.6 Å². The summed E-state index contributed by atoms with van der Waals surface area (Å²) in [7, 11) is -3.74. The monoisotopic (exact) mass is 337 g/mol. The smallest absolute Gasteiger partial charge is 0.244 e. The van der Waals surface area contributed by atoms with E-state index in [1.165, 1.54) is 4.90 Å². The van der Waals surface area contributed by atoms with Crippen molar-refractivity contribution in [3.8, 4) is 0 Å². The van der Waals surface area contributed by atoms with Gasteiger partial charge in [-0.05, 0) is 38.3 Å². The lowest BCUT2D eigenvalue weighted by molar-refractivity contribution is -0.133. The fraction of sp³-hybridized carbons (Fsp3) is 0.588. The number of amides is 1. The summed E-state index contributed by atoms with van der Waals surface area (Å²) in [5.41, 5.74) is 0.985. The highest BCUT2D eigenvalue weighted by Crippen LogP contribution is 2.42. The second-order valence-corrected chi connectivity index (χ2v) is 8.97. The molecule has 1 aromatic carbocycles. The minimum Gasteiger partial charge on any atom is -0.391 e. The fourth-order valence-electron chi connectivity index (χ4n) is 3.70. The van der Waals surface area contributed by atoms with E-state index < -0.39 is 20.7 Å². The van der Waals surface area contributed by atoms with Gasteiger partial charge in [-0.15, -0.1) is 0 Å². The SMILES string of the molecule is Cc1ccc(S(=O)(=O)C2(C(=O)N3CC[C@@H](O)C3)CCCC2)cc1. The number of carbonyl (C=O) groups excluding carboxylic acids is 1. The van der Waals surface area contributed by atoms with E-state index in [1.54, 1.807) is 24.3 Å². The van der Waals surface area contributed by atoms with E-state index in [1.807, 2.05) is 6.92 Å². The third-order valence-electron chi connectivity index (χ3n) is 5.10. The van der Waals surface area contributed by atoms with E-state index in [-0.39, 0.29) is 17.3 Å². The molecule has 1 aromatic rings. The maximum absolute atomic E-state index is 13.2. The van der Waals surface area contributed by atoms with Crippen LogP contribution in [0.5, 0.6) is 0 Å². The molecule has 1 amide bonds. The molecule has 2 aliphatic rings. The number of aliphatic hydroxyl groups excluding tert-OH is 1. The minimum atomic E-state index is -3.74. The van der Waals surface area contributed by atoms with Crippen molar-refractivity contribution in [1.29, 1.82) is 0 Å². The molecule has 0 aromatic heterocycles. The number of benzene rings is 1. The summed E-state index contributed by atoms with van der Waals surface area (Å²) in [6.07, 6.45) is 2.20. The first-order valence-corrected chi connectivity index (χ1v) is 9.64. The van der Waals surface area contributed by atoms with Crippen LogP contribution in [0.2, 0.25) is 0 Å². The molecule has 0 bridgehead atoms. The average Bonchev–Trinajstić information content (AvgIpc) is 3.17. The van der Waals surface area contributed by atoms with E-state index in [0.717, 1.165) is 18.4 Å². The number of sulfone groups is 1. The normalized spacial score (nSPS) is 24.1. The number of aliphatic hydroxyl groups is 1. The summed E-state index contributed by atoms with van der Waals surface area (Å²) in [4.78, 5) is 14.8. The zero-order valence-corrected chi connectivity index (χ0v) is 14.2. The third-order valence-corrected chi connectivity index (χ3v) is 7.60. The lowest BCUT2D eigenvalue weighted by atomic mass is 10.1. The molecule has 3 rings (SSSR count). The zero-order valence-electron chi connectivity index (χ0n) is 13.4. The molecule has 1 aliphatic heterocycles. The fourth-order valence-corrected chi connectivity index (χ4v) is 5.83. The van der Waals surface area contributed by atoms with Crippen LogP contribution in [0.4, 0.5) is 0 Å². The molecule has 1 atom stereocenters. The first-order chi connectivity index (χ1) is 10.9. The van der Waals surface area contributed by atoms with E-state index >= 15 is 0 Å². The third kappa shape index (κ3) is 2.68. The van der Waals surface area contributed by atoms with Crippen molar-refractivity contribution in [3.63, 3.8) is 0 Å². The molecule has 0 unspecified atom stereocenters. The zero-order chi connectivity index (χ0) is 16.7. The molecule has 0 radical (unpaired) electrons. The van der Waals surface area contributed by atoms with Crippen molar-refractivity contribution in [2.75, 3.05) is 13.1 Å². The van der Waals surface area contributed by atoms with Gasteiger partial charge in [-0.2, -0.15) is 0 Å². The van der Waals surface area contributed by atoms with Crippen molar-refractivity contribution in [3.05, 3.63) is 29.8 Å². The Morgan fingerprint density at radius 1 is 1.22 bits per heavy atom. The molecule has 1 saturated heterocycles. The van der Waals surface area contributed by atoms with Gasteiger partial charge in [-0.1, -0.05) is 30.5 Å². The van der Waals surface area contributed by atoms with E-state index in [2.05, 4.69) is 0 Å². The van der Waals surface area contributed by atoms with Gasteiger partial charge in [0.2, 0.25) is 5.91 Å². The van der Waals surface area contributed by atoms with Crippen LogP contribution in [-0.2, 0) is 14.6 Å². The number of carbonyl (C=O) groups is 1. The molecule has 1 aliphatic carbocycles. The van der Waals surface area contributed by atoms with Gasteiger partial charge in [0.1, 0.15) is 0 Å². The Morgan fingerprint density at radius 2 is 1.83 bits per heavy atom. The predicted octanol–water partition coefficient (Wildman–Crippen LogP) is 1.67. The van der Waals surface area contributed by atoms with Gasteiger partial charge in [0.05, 0.1) is 11.0 Å². The van der Waals surface area contributed by atoms with Crippen molar-refractivity contribution in [1.82, 2.24) is 4.90 Å². The molecule has 2 fully saturated rings. The number of nitrogens with zero attached hydrogens (tertiary/aromatic N) is 1. The van der Waals surface area contributed by atoms with Crippen LogP contribution in [0, 0.1) is 6.92 Å². The molecular formula is C17H23NO4S. The number of rotatable bonds is 3. The van der Waals surface area contributed by atoms with E-state index in [9.17, 15) is 18.3 Å². The van der Waals surface area contributed by atoms with Crippen LogP contribution >= 0.6 is 0 Å². The highest BCUT2D eigenvalue weighted by Gasteiger charge is 2.55. The van der Waals surface area contributed by atoms with Crippen LogP contribution in [-0.4, -0.2) is 48.3 Å². The summed E-state index contributed by atoms with van der Waals surface area (Å²) >= 11 is 0. The Hall–Kier alpha value is -1.40. The van der Waals surface area contributed by atoms with Gasteiger partial charge >= 0.3 is 0 Å². The molecule has 1 heterocycles. The summed E-state index contributed by atoms with van der Waals surface area (Å²) in [5.74, 6) is -0.327. The van der Waals surface area contributed by atoms with Crippen LogP contribution in [0.3, 0.4) is 0 Å². The summed E-state index contributed by atoms with van der Waals surface area (Å²) in [6.45, 7) is 2.58. The van der Waals surface area contributed by atoms with Crippen molar-refractivity contribution < 1.29 is 18.3 Å². The number of aryl methyl sites for hydroxylation is 1. The number of hydrogen-bond acceptors (Lipinski definition) is 4. The molecule has 1 N–H and O–H groups in total. The maximum Gasteiger partial charge on any atom is 0.244 e. The van der Waals surface area contributed by atoms with Crippen LogP contribution in [0.25, 0.3) is 0 Å². The molecule has 6 heteroatoms. The Labute approximate surface area is 137 Å². The second kappa shape index (κ2) is 5.91. The number of hydrogen-bond donors (Lipinski definition) is 1. The lowest BCUT2D eigenvalue weighted by Crippen LogP contribution is -2.51. The van der Waals surface area contributed by atoms with Gasteiger partial charge in [0, 0.05) is 13.1 Å². The van der Waals surface area contributed by atoms with Gasteiger partial charge in [-0.3, -0.25) is 4.79 Å². The molecule has 126 valence electrons. The quantitative estimate of drug-likeness (QED) is 0.910. The maximum atomic E-state index is 13.2. The molecule has 23 heavy (non-hydrogen) atoms. The predicted molar refractivity (Wildman–Crippen MR) is 86.8 cm³/mol. The topological polar surface area (TPSA) is 74.7 Å². The highest BCUT2D eigenvalue weighted by molar-refractivity contribution is 7.93. The first kappa shape index (κ1) is 16.5. The largest absolute Gasteiger partial charge is 0.391 e. The van der Waals surface area contributed by atoms with Crippen molar-refractivity contribution in [2.45, 2.75) is 54.8 Å². The lowest BCUT2D eigenvalue weighted by Gasteiger charge is -2.32. The van der Waals surface area contributed by atoms with E-state index in [0.29, 0.717) is 25.8 Å². The average molecular weight is 337 g/mol. The number of likely N-dealkylation sites (tertiary alicyclic amines) is 1. The Morgan fingerprint density at radius 3 is 2.35 bits per heavy atom. The molecule has 0 spiro atoms. The van der Waals surface area contributed by atoms with Crippen LogP contribution < -0.4 is 0 Å². The Balaban J connectivity index is 2.00. The standard InChI is InChI=1S/C17H23NO4S/c1-13-4-6-15(7-5-13)23(21,22)17(9-2-3-10-17)16(20)18-11-8-14(19)12-18/h4-7,14,19H,2-3,8-12H2,1H3/t14-/m1/s1. The second-order valence-electron chi connectivity index (χ2n) is 6.71. The van der Waals surface area contributed by atoms with Crippen LogP contribution in [0.15, 0.2) is 29.2 Å². The Kier molecular flexibility index (Phi) is 4.23. The minimum absolute atomic E-state index is 0.220. The van der Waals surface area contributed by atoms with E-state index in [4.69, 9.17) is 0 Å². The first-order valence-electron chi connectivity index (χ1n) is 8.15. The summed E-state index contributed by atoms with van der Waals surface area (Å²) in [6, 6.07) is 6.72. The summed E-state index contributed by atoms with van der Waals surface area (Å²) in [5, 5.41) is 9.68. The summed E-state index contributed by atoms with van der Waals surface area (Å²) < 4.78 is 25.1. The highest BCUT2D eigenvalue weighted by atomic mass is 32.2. The van der Waals surface area contributed by atoms with Crippen molar-refractivity contribution in [2.24, 2.45) is 0 Å². The molecular weight excluding hydrogens is 314 g/mol. The Bertz CT molecular complexity index is 690. The van der Waals surface area contributed by atoms with Gasteiger partial charge in [-0.25, -0.2) is 8.42 Å². The molecule has 5 nitrogen and oxygen atoms in total. The van der Waals surface area contributed by atoms with Crippen molar-refractivity contribution >= 4 is 15.7 Å². The molecule has 1 saturated carbocycles. The van der Waals surface area contributed by atoms with Gasteiger partial charge in [0.25, 0.3) is 0 Å². The number of β-amino-alcohol motifs (C(OH)–C–C–N with tert-alkyl or cyclic N) is 1.